The van der Waals surface area contributed by atoms with Crippen LogP contribution in [0.1, 0.15) is 33.6 Å². The van der Waals surface area contributed by atoms with Gasteiger partial charge in [-0.1, -0.05) is 20.8 Å². The Labute approximate surface area is 74.7 Å². The fourth-order valence-corrected chi connectivity index (χ4v) is 0.789. The zero-order valence-corrected chi connectivity index (χ0v) is 8.26. The molecule has 0 bridgehead atoms. The molecule has 3 nitrogen and oxygen atoms in total. The second kappa shape index (κ2) is 6.00. The van der Waals surface area contributed by atoms with Crippen molar-refractivity contribution in [2.45, 2.75) is 39.7 Å². The molecule has 0 aliphatic heterocycles. The molecule has 0 aromatic carbocycles. The Morgan fingerprint density at radius 3 is 2.50 bits per heavy atom. The summed E-state index contributed by atoms with van der Waals surface area (Å²) in [5, 5.41) is 2.83. The predicted octanol–water partition coefficient (Wildman–Crippen LogP) is 0.886. The van der Waals surface area contributed by atoms with Crippen molar-refractivity contribution in [3.63, 3.8) is 0 Å². The van der Waals surface area contributed by atoms with Crippen molar-refractivity contribution in [3.05, 3.63) is 0 Å². The van der Waals surface area contributed by atoms with E-state index in [0.717, 1.165) is 12.8 Å². The van der Waals surface area contributed by atoms with E-state index in [9.17, 15) is 4.79 Å². The van der Waals surface area contributed by atoms with Crippen LogP contribution in [-0.4, -0.2) is 18.5 Å². The molecule has 0 aliphatic carbocycles. The number of carbonyl (C=O) groups is 1. The van der Waals surface area contributed by atoms with Gasteiger partial charge in [0, 0.05) is 18.5 Å². The van der Waals surface area contributed by atoms with Crippen LogP contribution in [0, 0.1) is 5.92 Å². The zero-order valence-electron chi connectivity index (χ0n) is 8.26. The van der Waals surface area contributed by atoms with E-state index in [2.05, 4.69) is 12.2 Å². The molecule has 0 heterocycles. The summed E-state index contributed by atoms with van der Waals surface area (Å²) < 4.78 is 0. The Balaban J connectivity index is 3.37. The molecule has 0 spiro atoms. The van der Waals surface area contributed by atoms with Crippen molar-refractivity contribution < 1.29 is 4.79 Å². The Bertz CT molecular complexity index is 134. The molecule has 0 aromatic rings. The molecular formula is C9H20N2O. The van der Waals surface area contributed by atoms with Gasteiger partial charge < -0.3 is 11.1 Å². The van der Waals surface area contributed by atoms with Gasteiger partial charge >= 0.3 is 0 Å². The van der Waals surface area contributed by atoms with E-state index in [1.165, 1.54) is 0 Å². The molecule has 0 saturated carbocycles. The zero-order chi connectivity index (χ0) is 9.56. The van der Waals surface area contributed by atoms with Gasteiger partial charge in [0.2, 0.25) is 5.91 Å². The number of hydrogen-bond acceptors (Lipinski definition) is 2. The lowest BCUT2D eigenvalue weighted by molar-refractivity contribution is -0.123. The minimum atomic E-state index is 0.0721. The number of rotatable bonds is 5. The predicted molar refractivity (Wildman–Crippen MR) is 50.7 cm³/mol. The molecule has 0 rings (SSSR count). The summed E-state index contributed by atoms with van der Waals surface area (Å²) in [7, 11) is 0. The highest BCUT2D eigenvalue weighted by Gasteiger charge is 2.05. The van der Waals surface area contributed by atoms with Gasteiger partial charge in [0.25, 0.3) is 0 Å². The highest BCUT2D eigenvalue weighted by molar-refractivity contribution is 5.77. The largest absolute Gasteiger partial charge is 0.356 e. The van der Waals surface area contributed by atoms with Crippen LogP contribution in [0.2, 0.25) is 0 Å². The summed E-state index contributed by atoms with van der Waals surface area (Å²) in [4.78, 5) is 11.1. The van der Waals surface area contributed by atoms with E-state index in [1.54, 1.807) is 0 Å². The van der Waals surface area contributed by atoms with Gasteiger partial charge in [-0.05, 0) is 12.8 Å². The quantitative estimate of drug-likeness (QED) is 0.647. The van der Waals surface area contributed by atoms with E-state index < -0.39 is 0 Å². The summed E-state index contributed by atoms with van der Waals surface area (Å²) >= 11 is 0. The minimum Gasteiger partial charge on any atom is -0.356 e. The molecule has 3 heteroatoms. The van der Waals surface area contributed by atoms with Crippen LogP contribution in [-0.2, 0) is 4.79 Å². The van der Waals surface area contributed by atoms with Gasteiger partial charge in [0.1, 0.15) is 0 Å². The summed E-state index contributed by atoms with van der Waals surface area (Å²) in [5.41, 5.74) is 5.68. The van der Waals surface area contributed by atoms with Crippen molar-refractivity contribution in [3.8, 4) is 0 Å². The first-order valence-electron chi connectivity index (χ1n) is 4.61. The standard InChI is InChI=1S/C9H20N2O/c1-4-8(10)5-6-11-9(12)7(2)3/h7-8H,4-6,10H2,1-3H3,(H,11,12). The van der Waals surface area contributed by atoms with Crippen molar-refractivity contribution in [2.75, 3.05) is 6.54 Å². The van der Waals surface area contributed by atoms with Crippen LogP contribution in [0.3, 0.4) is 0 Å². The summed E-state index contributed by atoms with van der Waals surface area (Å²) in [5.74, 6) is 0.182. The summed E-state index contributed by atoms with van der Waals surface area (Å²) in [6, 6.07) is 0.220. The molecule has 72 valence electrons. The van der Waals surface area contributed by atoms with Gasteiger partial charge in [-0.15, -0.1) is 0 Å². The topological polar surface area (TPSA) is 55.1 Å². The van der Waals surface area contributed by atoms with Crippen LogP contribution in [0.25, 0.3) is 0 Å². The fraction of sp³-hybridized carbons (Fsp3) is 0.889. The SMILES string of the molecule is CCC(N)CCNC(=O)C(C)C. The molecule has 0 aromatic heterocycles. The Morgan fingerprint density at radius 2 is 2.08 bits per heavy atom. The molecule has 1 atom stereocenters. The molecule has 1 amide bonds. The monoisotopic (exact) mass is 172 g/mol. The van der Waals surface area contributed by atoms with Gasteiger partial charge in [-0.3, -0.25) is 4.79 Å². The van der Waals surface area contributed by atoms with Crippen molar-refractivity contribution >= 4 is 5.91 Å². The van der Waals surface area contributed by atoms with Crippen molar-refractivity contribution in [1.29, 1.82) is 0 Å². The second-order valence-electron chi connectivity index (χ2n) is 3.40. The maximum absolute atomic E-state index is 11.1. The molecule has 1 unspecified atom stereocenters. The van der Waals surface area contributed by atoms with Gasteiger partial charge in [-0.2, -0.15) is 0 Å². The van der Waals surface area contributed by atoms with Crippen LogP contribution in [0.5, 0.6) is 0 Å². The lowest BCUT2D eigenvalue weighted by Crippen LogP contribution is -2.32. The van der Waals surface area contributed by atoms with E-state index in [0.29, 0.717) is 6.54 Å². The second-order valence-corrected chi connectivity index (χ2v) is 3.40. The average Bonchev–Trinajstić information content (AvgIpc) is 2.03. The highest BCUT2D eigenvalue weighted by atomic mass is 16.1. The van der Waals surface area contributed by atoms with Crippen molar-refractivity contribution in [2.24, 2.45) is 11.7 Å². The molecular weight excluding hydrogens is 152 g/mol. The molecule has 0 fully saturated rings. The molecule has 3 N–H and O–H groups in total. The van der Waals surface area contributed by atoms with E-state index in [4.69, 9.17) is 5.73 Å². The lowest BCUT2D eigenvalue weighted by atomic mass is 10.1. The number of carbonyl (C=O) groups excluding carboxylic acids is 1. The molecule has 0 saturated heterocycles. The summed E-state index contributed by atoms with van der Waals surface area (Å²) in [6.45, 7) is 6.52. The lowest BCUT2D eigenvalue weighted by Gasteiger charge is -2.10. The van der Waals surface area contributed by atoms with Crippen molar-refractivity contribution in [1.82, 2.24) is 5.32 Å². The van der Waals surface area contributed by atoms with Gasteiger partial charge in [0.05, 0.1) is 0 Å². The maximum atomic E-state index is 11.1. The van der Waals surface area contributed by atoms with E-state index in [1.807, 2.05) is 13.8 Å². The Kier molecular flexibility index (Phi) is 5.72. The maximum Gasteiger partial charge on any atom is 0.222 e. The third-order valence-corrected chi connectivity index (χ3v) is 1.86. The number of nitrogens with two attached hydrogens (primary N) is 1. The first-order valence-corrected chi connectivity index (χ1v) is 4.61. The van der Waals surface area contributed by atoms with Crippen LogP contribution in [0.15, 0.2) is 0 Å². The van der Waals surface area contributed by atoms with E-state index in [-0.39, 0.29) is 17.9 Å². The van der Waals surface area contributed by atoms with Crippen LogP contribution < -0.4 is 11.1 Å². The van der Waals surface area contributed by atoms with Gasteiger partial charge in [-0.25, -0.2) is 0 Å². The minimum absolute atomic E-state index is 0.0721. The summed E-state index contributed by atoms with van der Waals surface area (Å²) in [6.07, 6.45) is 1.84. The number of hydrogen-bond donors (Lipinski definition) is 2. The molecule has 0 aliphatic rings. The molecule has 12 heavy (non-hydrogen) atoms. The van der Waals surface area contributed by atoms with E-state index >= 15 is 0 Å². The normalized spacial score (nSPS) is 13.1. The Hall–Kier alpha value is -0.570. The van der Waals surface area contributed by atoms with Crippen LogP contribution in [0.4, 0.5) is 0 Å². The first-order chi connectivity index (χ1) is 5.57. The van der Waals surface area contributed by atoms with Crippen LogP contribution >= 0.6 is 0 Å². The third kappa shape index (κ3) is 5.13. The number of amides is 1. The number of nitrogens with one attached hydrogen (secondary N) is 1. The average molecular weight is 172 g/mol. The molecule has 0 radical (unpaired) electrons. The highest BCUT2D eigenvalue weighted by Crippen LogP contribution is 1.93. The van der Waals surface area contributed by atoms with Gasteiger partial charge in [0.15, 0.2) is 0 Å². The fourth-order valence-electron chi connectivity index (χ4n) is 0.789. The first kappa shape index (κ1) is 11.4. The third-order valence-electron chi connectivity index (χ3n) is 1.86. The smallest absolute Gasteiger partial charge is 0.222 e. The Morgan fingerprint density at radius 1 is 1.50 bits per heavy atom.